The van der Waals surface area contributed by atoms with E-state index in [2.05, 4.69) is 55.4 Å². The van der Waals surface area contributed by atoms with E-state index in [1.54, 1.807) is 14.2 Å². The van der Waals surface area contributed by atoms with E-state index in [0.717, 1.165) is 25.7 Å². The molecule has 0 aromatic rings. The van der Waals surface area contributed by atoms with Gasteiger partial charge in [-0.2, -0.15) is 0 Å². The van der Waals surface area contributed by atoms with Crippen LogP contribution in [0, 0.1) is 29.1 Å². The Balaban J connectivity index is 5.85. The van der Waals surface area contributed by atoms with Gasteiger partial charge in [0.15, 0.2) is 0 Å². The van der Waals surface area contributed by atoms with E-state index in [1.807, 2.05) is 13.8 Å². The fourth-order valence-electron chi connectivity index (χ4n) is 4.43. The maximum absolute atomic E-state index is 6.69. The third-order valence-corrected chi connectivity index (χ3v) is 6.51. The minimum atomic E-state index is -0.417. The van der Waals surface area contributed by atoms with Crippen LogP contribution in [0.15, 0.2) is 0 Å². The maximum atomic E-state index is 6.69. The summed E-state index contributed by atoms with van der Waals surface area (Å²) in [6, 6.07) is 0. The summed E-state index contributed by atoms with van der Waals surface area (Å²) >= 11 is 0. The third kappa shape index (κ3) is 19.5. The molecule has 0 aliphatic rings. The largest absolute Gasteiger partial charge is 0.379 e. The Morgan fingerprint density at radius 1 is 0.459 bits per heavy atom. The smallest absolute Gasteiger partial charge is 0.0776 e. The summed E-state index contributed by atoms with van der Waals surface area (Å²) in [5.74, 6) is 2.31. The highest BCUT2D eigenvalue weighted by molar-refractivity contribution is 4.82. The average Bonchev–Trinajstić information content (AvgIpc) is 2.79. The molecule has 0 aromatic carbocycles. The van der Waals surface area contributed by atoms with Crippen molar-refractivity contribution in [1.82, 2.24) is 0 Å². The van der Waals surface area contributed by atoms with E-state index < -0.39 is 5.41 Å². The average molecular weight is 533 g/mol. The lowest BCUT2D eigenvalue weighted by Crippen LogP contribution is -2.45. The first-order valence-corrected chi connectivity index (χ1v) is 14.8. The van der Waals surface area contributed by atoms with Crippen molar-refractivity contribution in [3.05, 3.63) is 0 Å². The first kappa shape index (κ1) is 36.8. The summed E-state index contributed by atoms with van der Waals surface area (Å²) in [6.45, 7) is 25.3. The standard InChI is InChI=1S/C31H64O6/c1-23(2)13-29(14-24(3)4)36-21-31(19-34-17-27(9)32-11,20-35-18-28(10)33-12)22-37-30(15-25(5)6)16-26(7)8/h23-30H,13-22H2,1-12H3. The Bertz CT molecular complexity index is 456. The van der Waals surface area contributed by atoms with Crippen LogP contribution >= 0.6 is 0 Å². The highest BCUT2D eigenvalue weighted by atomic mass is 16.5. The van der Waals surface area contributed by atoms with Gasteiger partial charge in [0.25, 0.3) is 0 Å². The first-order valence-electron chi connectivity index (χ1n) is 14.8. The fourth-order valence-corrected chi connectivity index (χ4v) is 4.43. The van der Waals surface area contributed by atoms with Crippen LogP contribution in [0.5, 0.6) is 0 Å². The molecule has 6 nitrogen and oxygen atoms in total. The Labute approximate surface area is 230 Å². The van der Waals surface area contributed by atoms with Crippen LogP contribution in [-0.4, -0.2) is 78.3 Å². The van der Waals surface area contributed by atoms with Gasteiger partial charge in [0.1, 0.15) is 0 Å². The van der Waals surface area contributed by atoms with Crippen molar-refractivity contribution < 1.29 is 28.4 Å². The monoisotopic (exact) mass is 532 g/mol. The van der Waals surface area contributed by atoms with Gasteiger partial charge in [-0.25, -0.2) is 0 Å². The zero-order valence-corrected chi connectivity index (χ0v) is 26.6. The minimum absolute atomic E-state index is 0.0261. The number of methoxy groups -OCH3 is 2. The second kappa shape index (κ2) is 20.6. The van der Waals surface area contributed by atoms with Gasteiger partial charge >= 0.3 is 0 Å². The molecule has 0 bridgehead atoms. The fraction of sp³-hybridized carbons (Fsp3) is 1.00. The minimum Gasteiger partial charge on any atom is -0.379 e. The highest BCUT2D eigenvalue weighted by Crippen LogP contribution is 2.27. The number of hydrogen-bond donors (Lipinski definition) is 0. The van der Waals surface area contributed by atoms with E-state index in [1.165, 1.54) is 0 Å². The molecule has 37 heavy (non-hydrogen) atoms. The lowest BCUT2D eigenvalue weighted by molar-refractivity contribution is -0.146. The summed E-state index contributed by atoms with van der Waals surface area (Å²) in [6.07, 6.45) is 4.64. The van der Waals surface area contributed by atoms with Gasteiger partial charge in [0.2, 0.25) is 0 Å². The second-order valence-corrected chi connectivity index (χ2v) is 13.0. The van der Waals surface area contributed by atoms with Gasteiger partial charge in [0, 0.05) is 14.2 Å². The van der Waals surface area contributed by atoms with Crippen LogP contribution in [0.1, 0.15) is 94.9 Å². The molecule has 0 amide bonds. The van der Waals surface area contributed by atoms with Gasteiger partial charge in [-0.3, -0.25) is 0 Å². The van der Waals surface area contributed by atoms with Gasteiger partial charge in [-0.15, -0.1) is 0 Å². The zero-order valence-electron chi connectivity index (χ0n) is 26.6. The van der Waals surface area contributed by atoms with Gasteiger partial charge in [-0.05, 0) is 63.2 Å². The zero-order chi connectivity index (χ0) is 28.4. The van der Waals surface area contributed by atoms with Gasteiger partial charge < -0.3 is 28.4 Å². The predicted octanol–water partition coefficient (Wildman–Crippen LogP) is 7.03. The van der Waals surface area contributed by atoms with Gasteiger partial charge in [0.05, 0.1) is 69.5 Å². The molecule has 0 aromatic heterocycles. The van der Waals surface area contributed by atoms with Crippen LogP contribution < -0.4 is 0 Å². The lowest BCUT2D eigenvalue weighted by atomic mass is 9.90. The highest BCUT2D eigenvalue weighted by Gasteiger charge is 2.35. The first-order chi connectivity index (χ1) is 17.3. The molecule has 0 radical (unpaired) electrons. The molecule has 2 unspecified atom stereocenters. The third-order valence-electron chi connectivity index (χ3n) is 6.51. The van der Waals surface area contributed by atoms with Crippen molar-refractivity contribution in [2.45, 2.75) is 119 Å². The van der Waals surface area contributed by atoms with Crippen molar-refractivity contribution in [2.24, 2.45) is 29.1 Å². The number of rotatable bonds is 24. The van der Waals surface area contributed by atoms with Crippen molar-refractivity contribution in [3.63, 3.8) is 0 Å². The Kier molecular flexibility index (Phi) is 20.5. The second-order valence-electron chi connectivity index (χ2n) is 13.0. The molecule has 0 heterocycles. The van der Waals surface area contributed by atoms with Crippen LogP contribution in [-0.2, 0) is 28.4 Å². The molecule has 0 spiro atoms. The van der Waals surface area contributed by atoms with E-state index in [4.69, 9.17) is 28.4 Å². The Hall–Kier alpha value is -0.240. The van der Waals surface area contributed by atoms with E-state index in [-0.39, 0.29) is 24.4 Å². The van der Waals surface area contributed by atoms with Crippen molar-refractivity contribution >= 4 is 0 Å². The quantitative estimate of drug-likeness (QED) is 0.133. The van der Waals surface area contributed by atoms with Crippen LogP contribution in [0.25, 0.3) is 0 Å². The van der Waals surface area contributed by atoms with Gasteiger partial charge in [-0.1, -0.05) is 55.4 Å². The summed E-state index contributed by atoms with van der Waals surface area (Å²) in [4.78, 5) is 0. The summed E-state index contributed by atoms with van der Waals surface area (Å²) in [5.41, 5.74) is -0.417. The SMILES string of the molecule is COC(C)COCC(COCC(C)OC)(COC(CC(C)C)CC(C)C)COC(CC(C)C)CC(C)C. The van der Waals surface area contributed by atoms with Crippen molar-refractivity contribution in [2.75, 3.05) is 53.9 Å². The van der Waals surface area contributed by atoms with Crippen molar-refractivity contribution in [3.8, 4) is 0 Å². The molecule has 0 saturated carbocycles. The maximum Gasteiger partial charge on any atom is 0.0776 e. The van der Waals surface area contributed by atoms with Crippen LogP contribution in [0.4, 0.5) is 0 Å². The summed E-state index contributed by atoms with van der Waals surface area (Å²) in [7, 11) is 3.43. The molecular weight excluding hydrogens is 468 g/mol. The molecule has 6 heteroatoms. The molecule has 0 fully saturated rings. The topological polar surface area (TPSA) is 55.4 Å². The molecule has 0 N–H and O–H groups in total. The lowest BCUT2D eigenvalue weighted by Gasteiger charge is -2.37. The van der Waals surface area contributed by atoms with E-state index in [9.17, 15) is 0 Å². The predicted molar refractivity (Wildman–Crippen MR) is 154 cm³/mol. The number of hydrogen-bond acceptors (Lipinski definition) is 6. The molecule has 224 valence electrons. The molecule has 0 rings (SSSR count). The molecular formula is C31H64O6. The Morgan fingerprint density at radius 3 is 1.00 bits per heavy atom. The van der Waals surface area contributed by atoms with Crippen LogP contribution in [0.2, 0.25) is 0 Å². The molecule has 0 saturated heterocycles. The molecule has 2 atom stereocenters. The van der Waals surface area contributed by atoms with E-state index in [0.29, 0.717) is 63.3 Å². The summed E-state index contributed by atoms with van der Waals surface area (Å²) in [5, 5.41) is 0. The van der Waals surface area contributed by atoms with Crippen LogP contribution in [0.3, 0.4) is 0 Å². The van der Waals surface area contributed by atoms with Crippen molar-refractivity contribution in [1.29, 1.82) is 0 Å². The Morgan fingerprint density at radius 2 is 0.757 bits per heavy atom. The summed E-state index contributed by atoms with van der Waals surface area (Å²) < 4.78 is 36.7. The molecule has 0 aliphatic carbocycles. The molecule has 0 aliphatic heterocycles. The normalized spacial score (nSPS) is 14.8. The van der Waals surface area contributed by atoms with E-state index >= 15 is 0 Å². The number of ether oxygens (including phenoxy) is 6.